The van der Waals surface area contributed by atoms with Crippen molar-refractivity contribution in [2.24, 2.45) is 0 Å². The van der Waals surface area contributed by atoms with Gasteiger partial charge in [-0.3, -0.25) is 9.59 Å². The summed E-state index contributed by atoms with van der Waals surface area (Å²) in [7, 11) is -3.92. The smallest absolute Gasteiger partial charge is 0.241 e. The van der Waals surface area contributed by atoms with Crippen LogP contribution < -0.4 is 20.1 Å². The molecule has 8 nitrogen and oxygen atoms in total. The maximum Gasteiger partial charge on any atom is 0.241 e. The van der Waals surface area contributed by atoms with Crippen LogP contribution in [0.2, 0.25) is 0 Å². The van der Waals surface area contributed by atoms with Gasteiger partial charge in [0.1, 0.15) is 11.5 Å². The van der Waals surface area contributed by atoms with Gasteiger partial charge in [-0.05, 0) is 61.0 Å². The molecule has 33 heavy (non-hydrogen) atoms. The van der Waals surface area contributed by atoms with Crippen LogP contribution in [0, 0.1) is 0 Å². The largest absolute Gasteiger partial charge is 0.457 e. The molecule has 0 aliphatic carbocycles. The topological polar surface area (TPSA) is 114 Å². The Balaban J connectivity index is 1.56. The molecule has 0 saturated carbocycles. The average molecular weight is 468 g/mol. The van der Waals surface area contributed by atoms with Crippen LogP contribution in [-0.2, 0) is 26.2 Å². The van der Waals surface area contributed by atoms with Crippen LogP contribution in [0.4, 0.5) is 5.69 Å². The fraction of sp³-hybridized carbons (Fsp3) is 0.167. The maximum absolute atomic E-state index is 12.6. The Hall–Kier alpha value is -3.69. The van der Waals surface area contributed by atoms with Gasteiger partial charge in [-0.15, -0.1) is 0 Å². The van der Waals surface area contributed by atoms with Crippen LogP contribution in [0.15, 0.2) is 83.8 Å². The third-order valence-electron chi connectivity index (χ3n) is 4.55. The van der Waals surface area contributed by atoms with E-state index in [1.165, 1.54) is 38.1 Å². The molecule has 0 unspecified atom stereocenters. The highest BCUT2D eigenvalue weighted by atomic mass is 32.2. The molecule has 172 valence electrons. The second-order valence-electron chi connectivity index (χ2n) is 7.33. The molecule has 3 rings (SSSR count). The molecule has 0 radical (unpaired) electrons. The van der Waals surface area contributed by atoms with E-state index in [0.29, 0.717) is 17.2 Å². The Labute approximate surface area is 193 Å². The van der Waals surface area contributed by atoms with Gasteiger partial charge in [0.15, 0.2) is 0 Å². The lowest BCUT2D eigenvalue weighted by atomic mass is 10.2. The number of sulfonamides is 1. The van der Waals surface area contributed by atoms with E-state index in [1.807, 2.05) is 48.5 Å². The van der Waals surface area contributed by atoms with E-state index in [9.17, 15) is 18.0 Å². The van der Waals surface area contributed by atoms with E-state index in [0.717, 1.165) is 5.56 Å². The fourth-order valence-corrected chi connectivity index (χ4v) is 4.16. The van der Waals surface area contributed by atoms with Crippen molar-refractivity contribution in [1.29, 1.82) is 0 Å². The van der Waals surface area contributed by atoms with Gasteiger partial charge in [-0.1, -0.05) is 30.3 Å². The third kappa shape index (κ3) is 7.16. The molecule has 0 fully saturated rings. The molecule has 0 aliphatic heterocycles. The lowest BCUT2D eigenvalue weighted by molar-refractivity contribution is -0.122. The first kappa shape index (κ1) is 24.0. The van der Waals surface area contributed by atoms with Gasteiger partial charge >= 0.3 is 0 Å². The molecule has 2 amide bonds. The molecule has 0 spiro atoms. The summed E-state index contributed by atoms with van der Waals surface area (Å²) in [5, 5.41) is 5.29. The molecule has 0 aliphatic rings. The van der Waals surface area contributed by atoms with Crippen LogP contribution in [0.1, 0.15) is 19.4 Å². The van der Waals surface area contributed by atoms with Crippen molar-refractivity contribution in [3.63, 3.8) is 0 Å². The minimum atomic E-state index is -3.92. The number of ether oxygens (including phenoxy) is 1. The molecule has 3 aromatic rings. The zero-order valence-corrected chi connectivity index (χ0v) is 19.1. The molecular weight excluding hydrogens is 442 g/mol. The average Bonchev–Trinajstić information content (AvgIpc) is 2.78. The molecule has 0 heterocycles. The number of amides is 2. The molecule has 1 atom stereocenters. The van der Waals surface area contributed by atoms with Crippen LogP contribution in [-0.4, -0.2) is 26.3 Å². The summed E-state index contributed by atoms with van der Waals surface area (Å²) < 4.78 is 33.3. The number of hydrogen-bond donors (Lipinski definition) is 3. The third-order valence-corrected chi connectivity index (χ3v) is 6.11. The van der Waals surface area contributed by atoms with Crippen molar-refractivity contribution in [3.05, 3.63) is 84.4 Å². The predicted molar refractivity (Wildman–Crippen MR) is 125 cm³/mol. The Kier molecular flexibility index (Phi) is 7.81. The van der Waals surface area contributed by atoms with Crippen LogP contribution in [0.3, 0.4) is 0 Å². The number of nitrogens with one attached hydrogen (secondary N) is 3. The van der Waals surface area contributed by atoms with Crippen LogP contribution in [0.25, 0.3) is 0 Å². The SMILES string of the molecule is CC(=O)Nc1ccc(S(=O)(=O)N[C@@H](C)C(=O)NCc2cccc(Oc3ccccc3)c2)cc1. The van der Waals surface area contributed by atoms with Crippen molar-refractivity contribution in [1.82, 2.24) is 10.0 Å². The normalized spacial score (nSPS) is 11.9. The minimum absolute atomic E-state index is 0.0120. The second kappa shape index (κ2) is 10.8. The zero-order valence-electron chi connectivity index (χ0n) is 18.2. The first-order valence-corrected chi connectivity index (χ1v) is 11.7. The number of carbonyl (C=O) groups is 2. The number of para-hydroxylation sites is 1. The van der Waals surface area contributed by atoms with Crippen LogP contribution in [0.5, 0.6) is 11.5 Å². The molecule has 9 heteroatoms. The van der Waals surface area contributed by atoms with Gasteiger partial charge in [0, 0.05) is 19.2 Å². The lowest BCUT2D eigenvalue weighted by Gasteiger charge is -2.15. The zero-order chi connectivity index (χ0) is 23.8. The van der Waals surface area contributed by atoms with Gasteiger partial charge in [0.05, 0.1) is 10.9 Å². The highest BCUT2D eigenvalue weighted by Crippen LogP contribution is 2.21. The highest BCUT2D eigenvalue weighted by molar-refractivity contribution is 7.89. The van der Waals surface area contributed by atoms with Gasteiger partial charge in [-0.25, -0.2) is 8.42 Å². The van der Waals surface area contributed by atoms with E-state index >= 15 is 0 Å². The van der Waals surface area contributed by atoms with Gasteiger partial charge in [-0.2, -0.15) is 4.72 Å². The van der Waals surface area contributed by atoms with E-state index in [1.54, 1.807) is 6.07 Å². The first-order valence-electron chi connectivity index (χ1n) is 10.2. The summed E-state index contributed by atoms with van der Waals surface area (Å²) in [4.78, 5) is 23.5. The molecule has 3 N–H and O–H groups in total. The molecule has 0 aromatic heterocycles. The summed E-state index contributed by atoms with van der Waals surface area (Å²) in [6.45, 7) is 3.04. The van der Waals surface area contributed by atoms with Crippen molar-refractivity contribution in [3.8, 4) is 11.5 Å². The summed E-state index contributed by atoms with van der Waals surface area (Å²) >= 11 is 0. The first-order chi connectivity index (χ1) is 15.7. The standard InChI is InChI=1S/C24H25N3O5S/c1-17(27-33(30,31)23-13-11-20(12-14-23)26-18(2)28)24(29)25-16-19-7-6-10-22(15-19)32-21-8-4-3-5-9-21/h3-15,17,27H,16H2,1-2H3,(H,25,29)(H,26,28)/t17-/m0/s1. The maximum atomic E-state index is 12.6. The Bertz CT molecular complexity index is 1210. The van der Waals surface area contributed by atoms with Crippen molar-refractivity contribution in [2.45, 2.75) is 31.3 Å². The number of benzene rings is 3. The summed E-state index contributed by atoms with van der Waals surface area (Å²) in [5.74, 6) is 0.602. The molecule has 0 saturated heterocycles. The summed E-state index contributed by atoms with van der Waals surface area (Å²) in [6.07, 6.45) is 0. The minimum Gasteiger partial charge on any atom is -0.457 e. The number of rotatable bonds is 9. The van der Waals surface area contributed by atoms with E-state index in [4.69, 9.17) is 4.74 Å². The lowest BCUT2D eigenvalue weighted by Crippen LogP contribution is -2.44. The Morgan fingerprint density at radius 2 is 1.58 bits per heavy atom. The molecule has 3 aromatic carbocycles. The summed E-state index contributed by atoms with van der Waals surface area (Å²) in [5.41, 5.74) is 1.28. The molecule has 0 bridgehead atoms. The van der Waals surface area contributed by atoms with Crippen molar-refractivity contribution in [2.75, 3.05) is 5.32 Å². The monoisotopic (exact) mass is 467 g/mol. The van der Waals surface area contributed by atoms with Gasteiger partial charge in [0.2, 0.25) is 21.8 Å². The second-order valence-corrected chi connectivity index (χ2v) is 9.04. The number of hydrogen-bond acceptors (Lipinski definition) is 5. The van der Waals surface area contributed by atoms with E-state index < -0.39 is 22.0 Å². The number of anilines is 1. The molecular formula is C24H25N3O5S. The number of carbonyl (C=O) groups excluding carboxylic acids is 2. The Morgan fingerprint density at radius 1 is 0.909 bits per heavy atom. The van der Waals surface area contributed by atoms with E-state index in [2.05, 4.69) is 15.4 Å². The predicted octanol–water partition coefficient (Wildman–Crippen LogP) is 3.42. The van der Waals surface area contributed by atoms with Crippen molar-refractivity contribution < 1.29 is 22.7 Å². The Morgan fingerprint density at radius 3 is 2.24 bits per heavy atom. The van der Waals surface area contributed by atoms with Crippen molar-refractivity contribution >= 4 is 27.5 Å². The fourth-order valence-electron chi connectivity index (χ4n) is 2.96. The van der Waals surface area contributed by atoms with E-state index in [-0.39, 0.29) is 17.3 Å². The summed E-state index contributed by atoms with van der Waals surface area (Å²) in [6, 6.07) is 21.3. The van der Waals surface area contributed by atoms with Gasteiger partial charge in [0.25, 0.3) is 0 Å². The van der Waals surface area contributed by atoms with Crippen LogP contribution >= 0.6 is 0 Å². The highest BCUT2D eigenvalue weighted by Gasteiger charge is 2.22. The van der Waals surface area contributed by atoms with Gasteiger partial charge < -0.3 is 15.4 Å². The quantitative estimate of drug-likeness (QED) is 0.446.